The van der Waals surface area contributed by atoms with Crippen molar-refractivity contribution in [2.45, 2.75) is 34.2 Å². The number of nitrogens with one attached hydrogen (secondary N) is 1. The number of carboxylic acids is 1. The highest BCUT2D eigenvalue weighted by atomic mass is 16.4. The summed E-state index contributed by atoms with van der Waals surface area (Å²) < 4.78 is 0. The monoisotopic (exact) mass is 247 g/mol. The minimum Gasteiger partial charge on any atom is -0.478 e. The first-order valence-electron chi connectivity index (χ1n) is 6.10. The summed E-state index contributed by atoms with van der Waals surface area (Å²) in [6.07, 6.45) is 2.78. The van der Waals surface area contributed by atoms with Gasteiger partial charge in [0, 0.05) is 19.2 Å². The standard InChI is InChI=1S/C15H21NO2/c1-10-8-11(2)13(4)14(12(10)3)9-16-7-5-6-15(17)18/h5-6,8,16H,7,9H2,1-4H3,(H,17,18)/b6-5+. The Morgan fingerprint density at radius 3 is 2.28 bits per heavy atom. The predicted octanol–water partition coefficient (Wildman–Crippen LogP) is 2.65. The van der Waals surface area contributed by atoms with E-state index in [1.165, 1.54) is 27.8 Å². The van der Waals surface area contributed by atoms with Crippen LogP contribution in [-0.4, -0.2) is 17.6 Å². The summed E-state index contributed by atoms with van der Waals surface area (Å²) in [5.41, 5.74) is 6.55. The molecule has 0 saturated carbocycles. The number of hydrogen-bond donors (Lipinski definition) is 2. The average molecular weight is 247 g/mol. The second-order valence-corrected chi connectivity index (χ2v) is 4.61. The Hall–Kier alpha value is -1.61. The van der Waals surface area contributed by atoms with Gasteiger partial charge in [0.25, 0.3) is 0 Å². The van der Waals surface area contributed by atoms with Crippen molar-refractivity contribution in [2.75, 3.05) is 6.54 Å². The lowest BCUT2D eigenvalue weighted by molar-refractivity contribution is -0.131. The van der Waals surface area contributed by atoms with E-state index in [0.717, 1.165) is 12.6 Å². The summed E-state index contributed by atoms with van der Waals surface area (Å²) >= 11 is 0. The van der Waals surface area contributed by atoms with Crippen LogP contribution in [0.4, 0.5) is 0 Å². The SMILES string of the molecule is Cc1cc(C)c(C)c(CNC/C=C/C(=O)O)c1C. The molecule has 0 amide bonds. The molecule has 0 aliphatic rings. The van der Waals surface area contributed by atoms with E-state index in [-0.39, 0.29) is 0 Å². The van der Waals surface area contributed by atoms with Gasteiger partial charge in [-0.05, 0) is 55.5 Å². The summed E-state index contributed by atoms with van der Waals surface area (Å²) in [4.78, 5) is 10.3. The van der Waals surface area contributed by atoms with E-state index in [2.05, 4.69) is 39.1 Å². The van der Waals surface area contributed by atoms with E-state index >= 15 is 0 Å². The van der Waals surface area contributed by atoms with Gasteiger partial charge >= 0.3 is 5.97 Å². The zero-order valence-corrected chi connectivity index (χ0v) is 11.5. The first-order valence-corrected chi connectivity index (χ1v) is 6.10. The van der Waals surface area contributed by atoms with Crippen LogP contribution in [0.15, 0.2) is 18.2 Å². The first-order chi connectivity index (χ1) is 8.43. The highest BCUT2D eigenvalue weighted by Gasteiger charge is 2.07. The molecule has 1 aromatic rings. The van der Waals surface area contributed by atoms with Crippen LogP contribution in [-0.2, 0) is 11.3 Å². The second kappa shape index (κ2) is 6.36. The molecule has 0 atom stereocenters. The van der Waals surface area contributed by atoms with Crippen molar-refractivity contribution in [3.63, 3.8) is 0 Å². The predicted molar refractivity (Wildman–Crippen MR) is 73.9 cm³/mol. The zero-order chi connectivity index (χ0) is 13.7. The molecule has 0 radical (unpaired) electrons. The fourth-order valence-corrected chi connectivity index (χ4v) is 2.00. The maximum Gasteiger partial charge on any atom is 0.328 e. The van der Waals surface area contributed by atoms with E-state index in [1.54, 1.807) is 6.08 Å². The van der Waals surface area contributed by atoms with E-state index < -0.39 is 5.97 Å². The van der Waals surface area contributed by atoms with Gasteiger partial charge in [0.15, 0.2) is 0 Å². The molecule has 0 spiro atoms. The molecule has 1 aromatic carbocycles. The highest BCUT2D eigenvalue weighted by molar-refractivity contribution is 5.79. The van der Waals surface area contributed by atoms with Crippen molar-refractivity contribution >= 4 is 5.97 Å². The lowest BCUT2D eigenvalue weighted by atomic mass is 9.94. The normalized spacial score (nSPS) is 11.1. The largest absolute Gasteiger partial charge is 0.478 e. The summed E-state index contributed by atoms with van der Waals surface area (Å²) in [7, 11) is 0. The van der Waals surface area contributed by atoms with Gasteiger partial charge in [0.05, 0.1) is 0 Å². The summed E-state index contributed by atoms with van der Waals surface area (Å²) in [6, 6.07) is 2.21. The molecule has 0 aromatic heterocycles. The van der Waals surface area contributed by atoms with Crippen molar-refractivity contribution in [2.24, 2.45) is 0 Å². The van der Waals surface area contributed by atoms with E-state index in [4.69, 9.17) is 5.11 Å². The molecule has 2 N–H and O–H groups in total. The van der Waals surface area contributed by atoms with Gasteiger partial charge in [0.1, 0.15) is 0 Å². The topological polar surface area (TPSA) is 49.3 Å². The van der Waals surface area contributed by atoms with Gasteiger partial charge in [-0.1, -0.05) is 12.1 Å². The Balaban J connectivity index is 2.70. The van der Waals surface area contributed by atoms with Crippen molar-refractivity contribution in [1.29, 1.82) is 0 Å². The van der Waals surface area contributed by atoms with E-state index in [1.807, 2.05) is 0 Å². The number of rotatable bonds is 5. The van der Waals surface area contributed by atoms with Crippen LogP contribution in [0.5, 0.6) is 0 Å². The summed E-state index contributed by atoms with van der Waals surface area (Å²) in [5, 5.41) is 11.7. The van der Waals surface area contributed by atoms with Crippen LogP contribution in [0, 0.1) is 27.7 Å². The van der Waals surface area contributed by atoms with Crippen LogP contribution in [0.3, 0.4) is 0 Å². The molecule has 0 heterocycles. The Labute approximate surface area is 109 Å². The lowest BCUT2D eigenvalue weighted by Crippen LogP contribution is -2.16. The van der Waals surface area contributed by atoms with Gasteiger partial charge < -0.3 is 10.4 Å². The molecule has 0 aliphatic heterocycles. The van der Waals surface area contributed by atoms with Crippen LogP contribution < -0.4 is 5.32 Å². The van der Waals surface area contributed by atoms with Gasteiger partial charge in [0.2, 0.25) is 0 Å². The van der Waals surface area contributed by atoms with Crippen LogP contribution in [0.2, 0.25) is 0 Å². The van der Waals surface area contributed by atoms with Gasteiger partial charge in [-0.2, -0.15) is 0 Å². The molecule has 0 bridgehead atoms. The fraction of sp³-hybridized carbons (Fsp3) is 0.400. The minimum absolute atomic E-state index is 0.568. The zero-order valence-electron chi connectivity index (χ0n) is 11.5. The molecule has 98 valence electrons. The van der Waals surface area contributed by atoms with Crippen molar-refractivity contribution < 1.29 is 9.90 Å². The highest BCUT2D eigenvalue weighted by Crippen LogP contribution is 2.21. The molecule has 18 heavy (non-hydrogen) atoms. The minimum atomic E-state index is -0.907. The van der Waals surface area contributed by atoms with Gasteiger partial charge in [-0.15, -0.1) is 0 Å². The smallest absolute Gasteiger partial charge is 0.328 e. The maximum atomic E-state index is 10.3. The third-order valence-corrected chi connectivity index (χ3v) is 3.35. The summed E-state index contributed by atoms with van der Waals surface area (Å²) in [5.74, 6) is -0.907. The third-order valence-electron chi connectivity index (χ3n) is 3.35. The van der Waals surface area contributed by atoms with E-state index in [9.17, 15) is 4.79 Å². The van der Waals surface area contributed by atoms with Crippen LogP contribution in [0.25, 0.3) is 0 Å². The Morgan fingerprint density at radius 1 is 1.22 bits per heavy atom. The van der Waals surface area contributed by atoms with Crippen molar-refractivity contribution in [3.05, 3.63) is 46.0 Å². The number of aliphatic carboxylic acids is 1. The van der Waals surface area contributed by atoms with Gasteiger partial charge in [-0.25, -0.2) is 4.79 Å². The average Bonchev–Trinajstić information content (AvgIpc) is 2.30. The Bertz CT molecular complexity index is 450. The number of benzene rings is 1. The number of hydrogen-bond acceptors (Lipinski definition) is 2. The second-order valence-electron chi connectivity index (χ2n) is 4.61. The first kappa shape index (κ1) is 14.5. The quantitative estimate of drug-likeness (QED) is 0.621. The molecular weight excluding hydrogens is 226 g/mol. The molecule has 0 saturated heterocycles. The number of carboxylic acid groups (broad SMARTS) is 1. The van der Waals surface area contributed by atoms with Crippen molar-refractivity contribution in [3.8, 4) is 0 Å². The van der Waals surface area contributed by atoms with Crippen LogP contribution >= 0.6 is 0 Å². The molecule has 3 nitrogen and oxygen atoms in total. The van der Waals surface area contributed by atoms with Crippen LogP contribution in [0.1, 0.15) is 27.8 Å². The molecule has 0 fully saturated rings. The Morgan fingerprint density at radius 2 is 1.78 bits per heavy atom. The lowest BCUT2D eigenvalue weighted by Gasteiger charge is -2.15. The Kier molecular flexibility index (Phi) is 5.10. The molecule has 0 unspecified atom stereocenters. The van der Waals surface area contributed by atoms with Crippen molar-refractivity contribution in [1.82, 2.24) is 5.32 Å². The molecular formula is C15H21NO2. The maximum absolute atomic E-state index is 10.3. The number of carbonyl (C=O) groups is 1. The molecule has 1 rings (SSSR count). The number of aryl methyl sites for hydroxylation is 2. The van der Waals surface area contributed by atoms with E-state index in [0.29, 0.717) is 6.54 Å². The summed E-state index contributed by atoms with van der Waals surface area (Å²) in [6.45, 7) is 9.84. The molecule has 3 heteroatoms. The third kappa shape index (κ3) is 3.70. The van der Waals surface area contributed by atoms with Gasteiger partial charge in [-0.3, -0.25) is 0 Å². The fourth-order valence-electron chi connectivity index (χ4n) is 2.00. The molecule has 0 aliphatic carbocycles.